The van der Waals surface area contributed by atoms with Crippen LogP contribution in [0.2, 0.25) is 0 Å². The second-order valence-electron chi connectivity index (χ2n) is 6.01. The number of methoxy groups -OCH3 is 1. The average Bonchev–Trinajstić information content (AvgIpc) is 3.36. The van der Waals surface area contributed by atoms with Crippen LogP contribution in [-0.4, -0.2) is 33.7 Å². The van der Waals surface area contributed by atoms with Crippen molar-refractivity contribution in [1.29, 1.82) is 0 Å². The molecule has 2 N–H and O–H groups in total. The minimum absolute atomic E-state index is 0.195. The summed E-state index contributed by atoms with van der Waals surface area (Å²) in [5.74, 6) is 1.41. The van der Waals surface area contributed by atoms with Crippen molar-refractivity contribution in [2.45, 2.75) is 31.7 Å². The Balaban J connectivity index is 1.65. The van der Waals surface area contributed by atoms with Gasteiger partial charge in [-0.3, -0.25) is 10.1 Å². The fraction of sp³-hybridized carbons (Fsp3) is 0.353. The molecule has 0 bridgehead atoms. The third-order valence-electron chi connectivity index (χ3n) is 4.35. The maximum absolute atomic E-state index is 12.1. The smallest absolute Gasteiger partial charge is 0.293 e. The van der Waals surface area contributed by atoms with Crippen molar-refractivity contribution in [1.82, 2.24) is 14.6 Å². The van der Waals surface area contributed by atoms with Crippen LogP contribution in [-0.2, 0) is 0 Å². The van der Waals surface area contributed by atoms with Crippen LogP contribution >= 0.6 is 0 Å². The van der Waals surface area contributed by atoms with E-state index in [4.69, 9.17) is 9.15 Å². The molecule has 1 saturated carbocycles. The summed E-state index contributed by atoms with van der Waals surface area (Å²) in [6.07, 6.45) is 6.20. The van der Waals surface area contributed by atoms with Crippen LogP contribution in [0.25, 0.3) is 5.65 Å². The Labute approximate surface area is 144 Å². The van der Waals surface area contributed by atoms with E-state index in [1.165, 1.54) is 19.1 Å². The zero-order valence-electron chi connectivity index (χ0n) is 13.9. The molecule has 0 atom stereocenters. The molecule has 1 amide bonds. The Morgan fingerprint density at radius 3 is 2.88 bits per heavy atom. The summed E-state index contributed by atoms with van der Waals surface area (Å²) in [5, 5.41) is 10.6. The fourth-order valence-electron chi connectivity index (χ4n) is 3.11. The zero-order chi connectivity index (χ0) is 17.2. The van der Waals surface area contributed by atoms with Gasteiger partial charge >= 0.3 is 0 Å². The number of hydrogen-bond acceptors (Lipinski definition) is 6. The van der Waals surface area contributed by atoms with Gasteiger partial charge < -0.3 is 14.5 Å². The third kappa shape index (κ3) is 3.02. The highest BCUT2D eigenvalue weighted by Gasteiger charge is 2.19. The van der Waals surface area contributed by atoms with Gasteiger partial charge in [-0.2, -0.15) is 9.50 Å². The first-order chi connectivity index (χ1) is 12.2. The third-order valence-corrected chi connectivity index (χ3v) is 4.35. The molecule has 0 aliphatic heterocycles. The summed E-state index contributed by atoms with van der Waals surface area (Å²) in [6.45, 7) is 0. The molecular formula is C17H19N5O3. The van der Waals surface area contributed by atoms with Crippen LogP contribution < -0.4 is 15.4 Å². The van der Waals surface area contributed by atoms with Crippen molar-refractivity contribution in [2.75, 3.05) is 17.7 Å². The van der Waals surface area contributed by atoms with Gasteiger partial charge in [0.25, 0.3) is 5.91 Å². The molecule has 3 aromatic rings. The number of hydrogen-bond donors (Lipinski definition) is 2. The van der Waals surface area contributed by atoms with Crippen LogP contribution in [0.3, 0.4) is 0 Å². The average molecular weight is 341 g/mol. The Morgan fingerprint density at radius 1 is 1.32 bits per heavy atom. The van der Waals surface area contributed by atoms with E-state index in [0.717, 1.165) is 18.7 Å². The van der Waals surface area contributed by atoms with E-state index in [2.05, 4.69) is 20.7 Å². The van der Waals surface area contributed by atoms with Gasteiger partial charge in [0.2, 0.25) is 11.6 Å². The second-order valence-corrected chi connectivity index (χ2v) is 6.01. The zero-order valence-corrected chi connectivity index (χ0v) is 13.9. The molecule has 8 nitrogen and oxygen atoms in total. The van der Waals surface area contributed by atoms with Crippen molar-refractivity contribution in [3.8, 4) is 5.75 Å². The van der Waals surface area contributed by atoms with Crippen LogP contribution in [0.4, 0.5) is 11.8 Å². The molecule has 8 heteroatoms. The van der Waals surface area contributed by atoms with E-state index in [-0.39, 0.29) is 11.7 Å². The largest absolute Gasteiger partial charge is 0.493 e. The van der Waals surface area contributed by atoms with Crippen molar-refractivity contribution in [3.05, 3.63) is 36.3 Å². The second kappa shape index (κ2) is 6.46. The number of carbonyl (C=O) groups excluding carboxylic acids is 1. The lowest BCUT2D eigenvalue weighted by Crippen LogP contribution is -2.17. The number of furan rings is 1. The van der Waals surface area contributed by atoms with Gasteiger partial charge in [-0.05, 0) is 37.1 Å². The van der Waals surface area contributed by atoms with E-state index < -0.39 is 5.91 Å². The Bertz CT molecular complexity index is 881. The van der Waals surface area contributed by atoms with Crippen molar-refractivity contribution >= 4 is 23.3 Å². The molecule has 25 heavy (non-hydrogen) atoms. The SMILES string of the molecule is COc1ccc(NC2CCCC2)n2nc(NC(=O)c3ccco3)nc12. The van der Waals surface area contributed by atoms with E-state index in [1.807, 2.05) is 12.1 Å². The summed E-state index contributed by atoms with van der Waals surface area (Å²) < 4.78 is 12.1. The number of fused-ring (bicyclic) bond motifs is 1. The number of nitrogens with zero attached hydrogens (tertiary/aromatic N) is 3. The molecule has 130 valence electrons. The predicted octanol–water partition coefficient (Wildman–Crippen LogP) is 2.94. The van der Waals surface area contributed by atoms with Crippen LogP contribution in [0.15, 0.2) is 34.9 Å². The van der Waals surface area contributed by atoms with Gasteiger partial charge in [-0.1, -0.05) is 12.8 Å². The Hall–Kier alpha value is -3.03. The molecule has 0 aromatic carbocycles. The molecular weight excluding hydrogens is 322 g/mol. The van der Waals surface area contributed by atoms with Crippen LogP contribution in [0.5, 0.6) is 5.75 Å². The number of carbonyl (C=O) groups is 1. The lowest BCUT2D eigenvalue weighted by atomic mass is 10.2. The van der Waals surface area contributed by atoms with Gasteiger partial charge in [0.1, 0.15) is 5.82 Å². The summed E-state index contributed by atoms with van der Waals surface area (Å²) in [5.41, 5.74) is 0.542. The minimum Gasteiger partial charge on any atom is -0.493 e. The molecule has 0 saturated heterocycles. The number of pyridine rings is 1. The quantitative estimate of drug-likeness (QED) is 0.741. The topological polar surface area (TPSA) is 93.7 Å². The molecule has 1 aliphatic rings. The summed E-state index contributed by atoms with van der Waals surface area (Å²) in [4.78, 5) is 16.5. The van der Waals surface area contributed by atoms with Crippen LogP contribution in [0, 0.1) is 0 Å². The monoisotopic (exact) mass is 341 g/mol. The van der Waals surface area contributed by atoms with Crippen molar-refractivity contribution in [3.63, 3.8) is 0 Å². The maximum atomic E-state index is 12.1. The highest BCUT2D eigenvalue weighted by atomic mass is 16.5. The van der Waals surface area contributed by atoms with E-state index in [0.29, 0.717) is 17.4 Å². The first kappa shape index (κ1) is 15.5. The molecule has 1 aliphatic carbocycles. The summed E-state index contributed by atoms with van der Waals surface area (Å²) in [6, 6.07) is 7.43. The molecule has 0 unspecified atom stereocenters. The van der Waals surface area contributed by atoms with E-state index in [9.17, 15) is 4.79 Å². The lowest BCUT2D eigenvalue weighted by Gasteiger charge is -2.14. The van der Waals surface area contributed by atoms with Gasteiger partial charge in [0, 0.05) is 6.04 Å². The van der Waals surface area contributed by atoms with Gasteiger partial charge in [-0.15, -0.1) is 5.10 Å². The molecule has 3 aromatic heterocycles. The molecule has 3 heterocycles. The fourth-order valence-corrected chi connectivity index (χ4v) is 3.11. The summed E-state index contributed by atoms with van der Waals surface area (Å²) >= 11 is 0. The normalized spacial score (nSPS) is 14.8. The number of aromatic nitrogens is 3. The Kier molecular flexibility index (Phi) is 4.01. The highest BCUT2D eigenvalue weighted by molar-refractivity contribution is 6.01. The maximum Gasteiger partial charge on any atom is 0.293 e. The summed E-state index contributed by atoms with van der Waals surface area (Å²) in [7, 11) is 1.58. The van der Waals surface area contributed by atoms with Gasteiger partial charge in [-0.25, -0.2) is 0 Å². The van der Waals surface area contributed by atoms with Crippen molar-refractivity contribution < 1.29 is 13.9 Å². The van der Waals surface area contributed by atoms with E-state index in [1.54, 1.807) is 23.8 Å². The van der Waals surface area contributed by atoms with Crippen molar-refractivity contribution in [2.24, 2.45) is 0 Å². The lowest BCUT2D eigenvalue weighted by molar-refractivity contribution is 0.0996. The molecule has 0 radical (unpaired) electrons. The van der Waals surface area contributed by atoms with Gasteiger partial charge in [0.05, 0.1) is 13.4 Å². The number of amides is 1. The number of anilines is 2. The minimum atomic E-state index is -0.398. The first-order valence-corrected chi connectivity index (χ1v) is 8.30. The predicted molar refractivity (Wildman–Crippen MR) is 92.1 cm³/mol. The number of nitrogens with one attached hydrogen (secondary N) is 2. The van der Waals surface area contributed by atoms with Gasteiger partial charge in [0.15, 0.2) is 11.5 Å². The molecule has 4 rings (SSSR count). The number of ether oxygens (including phenoxy) is 1. The first-order valence-electron chi connectivity index (χ1n) is 8.30. The Morgan fingerprint density at radius 2 is 2.16 bits per heavy atom. The standard InChI is InChI=1S/C17H19N5O3/c1-24-12-8-9-14(18-11-5-2-3-6-11)22-15(12)19-17(21-22)20-16(23)13-7-4-10-25-13/h4,7-11,18H,2-3,5-6H2,1H3,(H,20,21,23). The number of rotatable bonds is 5. The molecule has 0 spiro atoms. The van der Waals surface area contributed by atoms with E-state index >= 15 is 0 Å². The van der Waals surface area contributed by atoms with Crippen LogP contribution in [0.1, 0.15) is 36.2 Å². The highest BCUT2D eigenvalue weighted by Crippen LogP contribution is 2.27. The molecule has 1 fully saturated rings.